The summed E-state index contributed by atoms with van der Waals surface area (Å²) in [5, 5.41) is 0. The molecule has 0 spiro atoms. The molecule has 11 heteroatoms. The molecular formula is C13H10F6N4O. The summed E-state index contributed by atoms with van der Waals surface area (Å²) in [6, 6.07) is 1.16. The number of nitrogens with two attached hydrogens (primary N) is 2. The first-order valence-corrected chi connectivity index (χ1v) is 6.28. The molecule has 2 aromatic rings. The highest BCUT2D eigenvalue weighted by molar-refractivity contribution is 5.95. The Bertz CT molecular complexity index is 745. The normalized spacial score (nSPS) is 12.4. The van der Waals surface area contributed by atoms with Gasteiger partial charge in [0.15, 0.2) is 5.69 Å². The van der Waals surface area contributed by atoms with E-state index in [0.29, 0.717) is 12.1 Å². The average molecular weight is 352 g/mol. The van der Waals surface area contributed by atoms with Gasteiger partial charge in [0.25, 0.3) is 5.91 Å². The van der Waals surface area contributed by atoms with Crippen molar-refractivity contribution in [3.05, 3.63) is 46.9 Å². The average Bonchev–Trinajstić information content (AvgIpc) is 2.78. The lowest BCUT2D eigenvalue weighted by Gasteiger charge is -2.15. The molecule has 1 amide bonds. The summed E-state index contributed by atoms with van der Waals surface area (Å²) in [6.45, 7) is -0.445. The molecule has 0 aliphatic carbocycles. The second kappa shape index (κ2) is 5.73. The maximum absolute atomic E-state index is 12.8. The van der Waals surface area contributed by atoms with Crippen LogP contribution in [0.25, 0.3) is 0 Å². The van der Waals surface area contributed by atoms with Crippen molar-refractivity contribution in [3.8, 4) is 0 Å². The summed E-state index contributed by atoms with van der Waals surface area (Å²) in [7, 11) is 0. The molecule has 1 aromatic carbocycles. The lowest BCUT2D eigenvalue weighted by atomic mass is 10.0. The van der Waals surface area contributed by atoms with Crippen molar-refractivity contribution in [2.24, 2.45) is 5.73 Å². The van der Waals surface area contributed by atoms with E-state index in [9.17, 15) is 31.1 Å². The highest BCUT2D eigenvalue weighted by Crippen LogP contribution is 2.36. The third-order valence-corrected chi connectivity index (χ3v) is 3.11. The van der Waals surface area contributed by atoms with Crippen molar-refractivity contribution in [2.75, 3.05) is 5.73 Å². The number of anilines is 1. The quantitative estimate of drug-likeness (QED) is 0.833. The second-order valence-electron chi connectivity index (χ2n) is 4.88. The molecule has 1 heterocycles. The van der Waals surface area contributed by atoms with Gasteiger partial charge in [0.1, 0.15) is 5.82 Å². The number of nitrogen functional groups attached to an aromatic ring is 1. The summed E-state index contributed by atoms with van der Waals surface area (Å²) in [5.74, 6) is -1.22. The number of nitrogens with zero attached hydrogens (tertiary/aromatic N) is 2. The van der Waals surface area contributed by atoms with E-state index in [2.05, 4.69) is 4.98 Å². The monoisotopic (exact) mass is 352 g/mol. The summed E-state index contributed by atoms with van der Waals surface area (Å²) in [6.07, 6.45) is -8.90. The van der Waals surface area contributed by atoms with E-state index in [-0.39, 0.29) is 23.1 Å². The summed E-state index contributed by atoms with van der Waals surface area (Å²) in [5.41, 5.74) is 7.03. The van der Waals surface area contributed by atoms with E-state index < -0.39 is 35.9 Å². The fourth-order valence-corrected chi connectivity index (χ4v) is 2.01. The van der Waals surface area contributed by atoms with Gasteiger partial charge >= 0.3 is 12.4 Å². The smallest absolute Gasteiger partial charge is 0.383 e. The summed E-state index contributed by atoms with van der Waals surface area (Å²) >= 11 is 0. The van der Waals surface area contributed by atoms with Crippen LogP contribution < -0.4 is 11.5 Å². The number of rotatable bonds is 3. The van der Waals surface area contributed by atoms with Crippen LogP contribution in [0, 0.1) is 0 Å². The van der Waals surface area contributed by atoms with Gasteiger partial charge in [0.2, 0.25) is 0 Å². The summed E-state index contributed by atoms with van der Waals surface area (Å²) in [4.78, 5) is 14.6. The van der Waals surface area contributed by atoms with Crippen LogP contribution in [0.5, 0.6) is 0 Å². The number of primary amides is 1. The van der Waals surface area contributed by atoms with Crippen LogP contribution in [0.1, 0.15) is 27.2 Å². The Balaban J connectivity index is 2.48. The zero-order chi connectivity index (χ0) is 18.3. The van der Waals surface area contributed by atoms with Gasteiger partial charge in [-0.05, 0) is 23.8 Å². The van der Waals surface area contributed by atoms with Crippen LogP contribution in [0.15, 0.2) is 24.5 Å². The molecule has 130 valence electrons. The van der Waals surface area contributed by atoms with E-state index in [0.717, 1.165) is 10.9 Å². The van der Waals surface area contributed by atoms with Crippen LogP contribution in [0.2, 0.25) is 0 Å². The number of carbonyl (C=O) groups is 1. The van der Waals surface area contributed by atoms with Crippen molar-refractivity contribution in [1.82, 2.24) is 9.55 Å². The Morgan fingerprint density at radius 3 is 1.92 bits per heavy atom. The number of imidazole rings is 1. The van der Waals surface area contributed by atoms with E-state index in [1.54, 1.807) is 0 Å². The summed E-state index contributed by atoms with van der Waals surface area (Å²) < 4.78 is 77.8. The van der Waals surface area contributed by atoms with Crippen molar-refractivity contribution in [1.29, 1.82) is 0 Å². The Morgan fingerprint density at radius 1 is 1.04 bits per heavy atom. The molecular weight excluding hydrogens is 342 g/mol. The number of benzene rings is 1. The van der Waals surface area contributed by atoms with E-state index in [1.807, 2.05) is 0 Å². The molecule has 0 unspecified atom stereocenters. The zero-order valence-electron chi connectivity index (χ0n) is 11.7. The van der Waals surface area contributed by atoms with Crippen molar-refractivity contribution in [3.63, 3.8) is 0 Å². The Kier molecular flexibility index (Phi) is 4.21. The first-order valence-electron chi connectivity index (χ1n) is 6.28. The molecule has 24 heavy (non-hydrogen) atoms. The van der Waals surface area contributed by atoms with Gasteiger partial charge in [-0.25, -0.2) is 4.98 Å². The molecule has 5 nitrogen and oxygen atoms in total. The first kappa shape index (κ1) is 17.6. The van der Waals surface area contributed by atoms with Gasteiger partial charge in [-0.2, -0.15) is 26.3 Å². The van der Waals surface area contributed by atoms with Gasteiger partial charge in [0.05, 0.1) is 24.0 Å². The number of amides is 1. The van der Waals surface area contributed by atoms with Gasteiger partial charge in [-0.15, -0.1) is 0 Å². The van der Waals surface area contributed by atoms with E-state index >= 15 is 0 Å². The zero-order valence-corrected chi connectivity index (χ0v) is 11.7. The molecule has 4 N–H and O–H groups in total. The van der Waals surface area contributed by atoms with Gasteiger partial charge in [0, 0.05) is 0 Å². The lowest BCUT2D eigenvalue weighted by molar-refractivity contribution is -0.143. The highest BCUT2D eigenvalue weighted by Gasteiger charge is 2.36. The van der Waals surface area contributed by atoms with E-state index in [4.69, 9.17) is 11.5 Å². The van der Waals surface area contributed by atoms with Crippen LogP contribution in [0.4, 0.5) is 32.2 Å². The van der Waals surface area contributed by atoms with Crippen LogP contribution in [-0.2, 0) is 18.9 Å². The molecule has 0 saturated heterocycles. The number of alkyl halides is 6. The fraction of sp³-hybridized carbons (Fsp3) is 0.231. The predicted molar refractivity (Wildman–Crippen MR) is 70.7 cm³/mol. The van der Waals surface area contributed by atoms with Gasteiger partial charge in [-0.1, -0.05) is 0 Å². The lowest BCUT2D eigenvalue weighted by Crippen LogP contribution is -2.15. The molecule has 0 aliphatic rings. The number of hydrogen-bond donors (Lipinski definition) is 2. The molecule has 0 aliphatic heterocycles. The molecule has 0 atom stereocenters. The maximum atomic E-state index is 12.8. The Morgan fingerprint density at radius 2 is 1.54 bits per heavy atom. The SMILES string of the molecule is NC(=O)c1ncn(Cc2cc(C(F)(F)F)cc(C(F)(F)F)c2)c1N. The fourth-order valence-electron chi connectivity index (χ4n) is 2.01. The standard InChI is InChI=1S/C13H10F6N4O/c14-12(15,16)7-1-6(2-8(3-7)13(17,18)19)4-23-5-22-9(10(23)20)11(21)24/h1-3,5H,4,20H2,(H2,21,24). The Hall–Kier alpha value is -2.72. The number of halogens is 6. The minimum absolute atomic E-state index is 0.0234. The Labute approximate surface area is 130 Å². The van der Waals surface area contributed by atoms with Crippen molar-refractivity contribution in [2.45, 2.75) is 18.9 Å². The highest BCUT2D eigenvalue weighted by atomic mass is 19.4. The molecule has 0 fully saturated rings. The number of aromatic nitrogens is 2. The van der Waals surface area contributed by atoms with Crippen molar-refractivity contribution < 1.29 is 31.1 Å². The third kappa shape index (κ3) is 3.60. The van der Waals surface area contributed by atoms with Crippen LogP contribution in [-0.4, -0.2) is 15.5 Å². The predicted octanol–water partition coefficient (Wildman–Crippen LogP) is 2.65. The van der Waals surface area contributed by atoms with Crippen LogP contribution >= 0.6 is 0 Å². The molecule has 0 saturated carbocycles. The minimum Gasteiger partial charge on any atom is -0.383 e. The topological polar surface area (TPSA) is 86.9 Å². The van der Waals surface area contributed by atoms with Gasteiger partial charge < -0.3 is 16.0 Å². The first-order chi connectivity index (χ1) is 10.9. The molecule has 0 bridgehead atoms. The van der Waals surface area contributed by atoms with Gasteiger partial charge in [-0.3, -0.25) is 4.79 Å². The third-order valence-electron chi connectivity index (χ3n) is 3.11. The van der Waals surface area contributed by atoms with Crippen molar-refractivity contribution >= 4 is 11.7 Å². The largest absolute Gasteiger partial charge is 0.416 e. The van der Waals surface area contributed by atoms with Crippen LogP contribution in [0.3, 0.4) is 0 Å². The minimum atomic E-state index is -4.95. The second-order valence-corrected chi connectivity index (χ2v) is 4.88. The molecule has 0 radical (unpaired) electrons. The van der Waals surface area contributed by atoms with E-state index in [1.165, 1.54) is 0 Å². The number of carbonyl (C=O) groups excluding carboxylic acids is 1. The maximum Gasteiger partial charge on any atom is 0.416 e. The molecule has 1 aromatic heterocycles. The molecule has 2 rings (SSSR count). The number of hydrogen-bond acceptors (Lipinski definition) is 3.